The van der Waals surface area contributed by atoms with Crippen LogP contribution in [0.4, 0.5) is 0 Å². The quantitative estimate of drug-likeness (QED) is 0.862. The van der Waals surface area contributed by atoms with Gasteiger partial charge in [-0.2, -0.15) is 10.2 Å². The van der Waals surface area contributed by atoms with Crippen molar-refractivity contribution in [2.24, 2.45) is 5.92 Å². The number of halogens is 1. The second-order valence-electron chi connectivity index (χ2n) is 5.76. The van der Waals surface area contributed by atoms with Gasteiger partial charge in [-0.3, -0.25) is 9.78 Å². The zero-order valence-electron chi connectivity index (χ0n) is 13.5. The number of hydrogen-bond acceptors (Lipinski definition) is 3. The van der Waals surface area contributed by atoms with Crippen LogP contribution in [0, 0.1) is 33.6 Å². The summed E-state index contributed by atoms with van der Waals surface area (Å²) in [7, 11) is 0. The first-order valence-electron chi connectivity index (χ1n) is 7.19. The van der Waals surface area contributed by atoms with Crippen LogP contribution >= 0.6 is 12.4 Å². The first kappa shape index (κ1) is 17.7. The molecular weight excluding hydrogens is 286 g/mol. The summed E-state index contributed by atoms with van der Waals surface area (Å²) < 4.78 is 2.09. The van der Waals surface area contributed by atoms with Gasteiger partial charge in [0, 0.05) is 30.0 Å². The van der Waals surface area contributed by atoms with E-state index in [-0.39, 0.29) is 12.4 Å². The highest BCUT2D eigenvalue weighted by molar-refractivity contribution is 5.85. The van der Waals surface area contributed by atoms with Gasteiger partial charge < -0.3 is 5.32 Å². The molecule has 1 atom stereocenters. The minimum atomic E-state index is 0. The van der Waals surface area contributed by atoms with Crippen LogP contribution in [0.3, 0.4) is 0 Å². The largest absolute Gasteiger partial charge is 0.312 e. The summed E-state index contributed by atoms with van der Waals surface area (Å²) in [5.74, 6) is 0.542. The van der Waals surface area contributed by atoms with Gasteiger partial charge in [-0.25, -0.2) is 0 Å². The van der Waals surface area contributed by atoms with Crippen LogP contribution in [-0.2, 0) is 13.1 Å². The molecule has 2 rings (SSSR count). The molecule has 0 fully saturated rings. The second kappa shape index (κ2) is 7.61. The Morgan fingerprint density at radius 1 is 1.29 bits per heavy atom. The maximum Gasteiger partial charge on any atom is 0.0638 e. The Morgan fingerprint density at radius 2 is 2.00 bits per heavy atom. The topological polar surface area (TPSA) is 58.5 Å². The molecule has 6 heteroatoms. The van der Waals surface area contributed by atoms with Crippen LogP contribution in [0.1, 0.15) is 35.3 Å². The Morgan fingerprint density at radius 3 is 2.52 bits per heavy atom. The molecule has 0 amide bonds. The molecule has 0 radical (unpaired) electrons. The molecule has 2 aromatic heterocycles. The van der Waals surface area contributed by atoms with Crippen LogP contribution < -0.4 is 5.32 Å². The Kier molecular flexibility index (Phi) is 6.42. The van der Waals surface area contributed by atoms with Crippen LogP contribution in [-0.4, -0.2) is 26.5 Å². The van der Waals surface area contributed by atoms with E-state index >= 15 is 0 Å². The van der Waals surface area contributed by atoms with Gasteiger partial charge in [0.2, 0.25) is 0 Å². The molecule has 0 saturated carbocycles. The average molecular weight is 312 g/mol. The van der Waals surface area contributed by atoms with Crippen molar-refractivity contribution < 1.29 is 0 Å². The fourth-order valence-electron chi connectivity index (χ4n) is 2.50. The van der Waals surface area contributed by atoms with E-state index in [4.69, 9.17) is 0 Å². The highest BCUT2D eigenvalue weighted by atomic mass is 35.5. The number of H-pyrrole nitrogens is 1. The number of aromatic nitrogens is 4. The van der Waals surface area contributed by atoms with E-state index in [1.807, 2.05) is 13.8 Å². The zero-order chi connectivity index (χ0) is 14.7. The summed E-state index contributed by atoms with van der Waals surface area (Å²) in [4.78, 5) is 0. The van der Waals surface area contributed by atoms with E-state index in [2.05, 4.69) is 52.1 Å². The molecule has 2 N–H and O–H groups in total. The number of hydrogen-bond donors (Lipinski definition) is 2. The Balaban J connectivity index is 0.00000220. The lowest BCUT2D eigenvalue weighted by Crippen LogP contribution is -2.25. The third-order valence-electron chi connectivity index (χ3n) is 3.66. The highest BCUT2D eigenvalue weighted by Crippen LogP contribution is 2.09. The fraction of sp³-hybridized carbons (Fsp3) is 0.600. The standard InChI is InChI=1S/C15H25N5.ClH/c1-10(9-20-12(3)6-11(2)19-20)7-16-8-15-13(4)17-18-14(15)5;/h6,10,16H,7-9H2,1-5H3,(H,17,18);1H. The minimum Gasteiger partial charge on any atom is -0.312 e. The molecule has 1 unspecified atom stereocenters. The third kappa shape index (κ3) is 4.58. The lowest BCUT2D eigenvalue weighted by molar-refractivity contribution is 0.415. The molecule has 118 valence electrons. The summed E-state index contributed by atoms with van der Waals surface area (Å²) in [6.07, 6.45) is 0. The number of nitrogens with one attached hydrogen (secondary N) is 2. The van der Waals surface area contributed by atoms with Crippen LogP contribution in [0.25, 0.3) is 0 Å². The molecule has 0 aliphatic rings. The summed E-state index contributed by atoms with van der Waals surface area (Å²) in [5, 5.41) is 15.3. The van der Waals surface area contributed by atoms with E-state index in [1.54, 1.807) is 0 Å². The summed E-state index contributed by atoms with van der Waals surface area (Å²) in [6, 6.07) is 2.12. The summed E-state index contributed by atoms with van der Waals surface area (Å²) >= 11 is 0. The summed E-state index contributed by atoms with van der Waals surface area (Å²) in [5.41, 5.74) is 5.84. The molecule has 0 spiro atoms. The van der Waals surface area contributed by atoms with Gasteiger partial charge in [0.1, 0.15) is 0 Å². The Hall–Kier alpha value is -1.33. The predicted molar refractivity (Wildman–Crippen MR) is 87.9 cm³/mol. The SMILES string of the molecule is Cc1cc(C)n(CC(C)CNCc2c(C)n[nH]c2C)n1.Cl. The molecule has 0 aliphatic heterocycles. The molecular formula is C15H26ClN5. The van der Waals surface area contributed by atoms with Gasteiger partial charge in [0.05, 0.1) is 11.4 Å². The number of aromatic amines is 1. The molecule has 0 aromatic carbocycles. The molecule has 5 nitrogen and oxygen atoms in total. The van der Waals surface area contributed by atoms with Gasteiger partial charge in [-0.1, -0.05) is 6.92 Å². The van der Waals surface area contributed by atoms with Crippen LogP contribution in [0.2, 0.25) is 0 Å². The van der Waals surface area contributed by atoms with Gasteiger partial charge >= 0.3 is 0 Å². The second-order valence-corrected chi connectivity index (χ2v) is 5.76. The first-order chi connectivity index (χ1) is 9.47. The van der Waals surface area contributed by atoms with E-state index in [0.717, 1.165) is 36.7 Å². The molecule has 0 saturated heterocycles. The van der Waals surface area contributed by atoms with E-state index < -0.39 is 0 Å². The van der Waals surface area contributed by atoms with Gasteiger partial charge in [-0.05, 0) is 46.2 Å². The van der Waals surface area contributed by atoms with Crippen molar-refractivity contribution in [2.45, 2.75) is 47.7 Å². The van der Waals surface area contributed by atoms with E-state index in [9.17, 15) is 0 Å². The molecule has 2 aromatic rings. The summed E-state index contributed by atoms with van der Waals surface area (Å²) in [6.45, 7) is 13.3. The molecule has 0 bridgehead atoms. The van der Waals surface area contributed by atoms with Crippen LogP contribution in [0.15, 0.2) is 6.07 Å². The normalized spacial score (nSPS) is 12.2. The van der Waals surface area contributed by atoms with E-state index in [0.29, 0.717) is 5.92 Å². The predicted octanol–water partition coefficient (Wildman–Crippen LogP) is 2.69. The lowest BCUT2D eigenvalue weighted by atomic mass is 10.1. The highest BCUT2D eigenvalue weighted by Gasteiger charge is 2.09. The number of aryl methyl sites for hydroxylation is 4. The minimum absolute atomic E-state index is 0. The number of nitrogens with zero attached hydrogens (tertiary/aromatic N) is 3. The van der Waals surface area contributed by atoms with Crippen LogP contribution in [0.5, 0.6) is 0 Å². The lowest BCUT2D eigenvalue weighted by Gasteiger charge is -2.14. The van der Waals surface area contributed by atoms with Crippen molar-refractivity contribution >= 4 is 12.4 Å². The van der Waals surface area contributed by atoms with Gasteiger partial charge in [-0.15, -0.1) is 12.4 Å². The fourth-order valence-corrected chi connectivity index (χ4v) is 2.50. The van der Waals surface area contributed by atoms with Crippen molar-refractivity contribution in [2.75, 3.05) is 6.54 Å². The third-order valence-corrected chi connectivity index (χ3v) is 3.66. The molecule has 21 heavy (non-hydrogen) atoms. The van der Waals surface area contributed by atoms with E-state index in [1.165, 1.54) is 11.3 Å². The zero-order valence-corrected chi connectivity index (χ0v) is 14.3. The van der Waals surface area contributed by atoms with Crippen molar-refractivity contribution in [1.29, 1.82) is 0 Å². The van der Waals surface area contributed by atoms with Crippen molar-refractivity contribution in [3.8, 4) is 0 Å². The maximum absolute atomic E-state index is 4.51. The van der Waals surface area contributed by atoms with Crippen molar-refractivity contribution in [3.05, 3.63) is 34.4 Å². The molecule has 2 heterocycles. The Bertz CT molecular complexity index is 553. The first-order valence-corrected chi connectivity index (χ1v) is 7.19. The van der Waals surface area contributed by atoms with Crippen molar-refractivity contribution in [3.63, 3.8) is 0 Å². The maximum atomic E-state index is 4.51. The monoisotopic (exact) mass is 311 g/mol. The molecule has 0 aliphatic carbocycles. The van der Waals surface area contributed by atoms with Crippen molar-refractivity contribution in [1.82, 2.24) is 25.3 Å². The Labute approximate surface area is 132 Å². The van der Waals surface area contributed by atoms with Gasteiger partial charge in [0.15, 0.2) is 0 Å². The number of rotatable bonds is 6. The van der Waals surface area contributed by atoms with Gasteiger partial charge in [0.25, 0.3) is 0 Å². The smallest absolute Gasteiger partial charge is 0.0638 e. The average Bonchev–Trinajstić information content (AvgIpc) is 2.85.